The highest BCUT2D eigenvalue weighted by atomic mass is 79.9. The van der Waals surface area contributed by atoms with Crippen LogP contribution in [0.4, 0.5) is 0 Å². The molecule has 0 bridgehead atoms. The quantitative estimate of drug-likeness (QED) is 0.781. The fourth-order valence-corrected chi connectivity index (χ4v) is 1.75. The van der Waals surface area contributed by atoms with Gasteiger partial charge in [-0.3, -0.25) is 4.79 Å². The largest absolute Gasteiger partial charge is 0.464 e. The van der Waals surface area contributed by atoms with E-state index in [0.717, 1.165) is 10.0 Å². The third-order valence-electron chi connectivity index (χ3n) is 2.19. The van der Waals surface area contributed by atoms with Gasteiger partial charge >= 0.3 is 0 Å². The van der Waals surface area contributed by atoms with Crippen LogP contribution in [0.2, 0.25) is 0 Å². The molecule has 0 unspecified atom stereocenters. The Morgan fingerprint density at radius 2 is 2.21 bits per heavy atom. The van der Waals surface area contributed by atoms with Crippen molar-refractivity contribution in [2.45, 2.75) is 13.3 Å². The Labute approximate surface area is 89.7 Å². The summed E-state index contributed by atoms with van der Waals surface area (Å²) in [4.78, 5) is 11.8. The molecule has 14 heavy (non-hydrogen) atoms. The molecule has 1 aromatic heterocycles. The van der Waals surface area contributed by atoms with Gasteiger partial charge in [0.05, 0.1) is 11.6 Å². The second-order valence-corrected chi connectivity index (χ2v) is 4.00. The van der Waals surface area contributed by atoms with Crippen LogP contribution in [0.15, 0.2) is 38.1 Å². The van der Waals surface area contributed by atoms with E-state index >= 15 is 0 Å². The Hall–Kier alpha value is -1.09. The molecule has 2 rings (SSSR count). The van der Waals surface area contributed by atoms with E-state index in [1.165, 1.54) is 0 Å². The van der Waals surface area contributed by atoms with Gasteiger partial charge in [0.1, 0.15) is 5.58 Å². The van der Waals surface area contributed by atoms with Crippen molar-refractivity contribution in [3.63, 3.8) is 0 Å². The van der Waals surface area contributed by atoms with Crippen LogP contribution in [-0.4, -0.2) is 0 Å². The predicted molar refractivity (Wildman–Crippen MR) is 59.6 cm³/mol. The van der Waals surface area contributed by atoms with E-state index in [0.29, 0.717) is 17.4 Å². The SMILES string of the molecule is CCc1coc2ccc(Br)cc2c1=O. The van der Waals surface area contributed by atoms with Gasteiger partial charge in [-0.1, -0.05) is 22.9 Å². The average Bonchev–Trinajstić information content (AvgIpc) is 2.20. The molecule has 2 aromatic rings. The zero-order chi connectivity index (χ0) is 10.1. The summed E-state index contributed by atoms with van der Waals surface area (Å²) in [5.74, 6) is 0. The van der Waals surface area contributed by atoms with Gasteiger partial charge < -0.3 is 4.42 Å². The fraction of sp³-hybridized carbons (Fsp3) is 0.182. The molecule has 72 valence electrons. The van der Waals surface area contributed by atoms with Crippen LogP contribution >= 0.6 is 15.9 Å². The minimum Gasteiger partial charge on any atom is -0.464 e. The smallest absolute Gasteiger partial charge is 0.195 e. The summed E-state index contributed by atoms with van der Waals surface area (Å²) in [6.07, 6.45) is 2.24. The minimum atomic E-state index is 0.0649. The molecule has 0 atom stereocenters. The van der Waals surface area contributed by atoms with E-state index in [4.69, 9.17) is 4.42 Å². The number of halogens is 1. The van der Waals surface area contributed by atoms with Crippen molar-refractivity contribution < 1.29 is 4.42 Å². The number of fused-ring (bicyclic) bond motifs is 1. The average molecular weight is 253 g/mol. The molecule has 1 aromatic carbocycles. The maximum atomic E-state index is 11.8. The molecule has 0 saturated carbocycles. The molecule has 0 fully saturated rings. The minimum absolute atomic E-state index is 0.0649. The number of hydrogen-bond donors (Lipinski definition) is 0. The summed E-state index contributed by atoms with van der Waals surface area (Å²) < 4.78 is 6.24. The Bertz CT molecular complexity index is 528. The lowest BCUT2D eigenvalue weighted by atomic mass is 10.1. The van der Waals surface area contributed by atoms with E-state index in [2.05, 4.69) is 15.9 Å². The first-order valence-electron chi connectivity index (χ1n) is 4.42. The molecule has 0 amide bonds. The van der Waals surface area contributed by atoms with Crippen LogP contribution in [0.1, 0.15) is 12.5 Å². The Morgan fingerprint density at radius 3 is 2.93 bits per heavy atom. The molecule has 1 heterocycles. The van der Waals surface area contributed by atoms with E-state index in [1.54, 1.807) is 18.4 Å². The third-order valence-corrected chi connectivity index (χ3v) is 2.68. The molecule has 0 aliphatic carbocycles. The number of benzene rings is 1. The second kappa shape index (κ2) is 3.58. The molecular formula is C11H9BrO2. The van der Waals surface area contributed by atoms with Crippen molar-refractivity contribution in [2.24, 2.45) is 0 Å². The maximum absolute atomic E-state index is 11.8. The van der Waals surface area contributed by atoms with Crippen molar-refractivity contribution in [1.29, 1.82) is 0 Å². The Balaban J connectivity index is 2.87. The number of hydrogen-bond acceptors (Lipinski definition) is 2. The van der Waals surface area contributed by atoms with Gasteiger partial charge in [0.2, 0.25) is 0 Å². The fourth-order valence-electron chi connectivity index (χ4n) is 1.39. The summed E-state index contributed by atoms with van der Waals surface area (Å²) in [6.45, 7) is 1.94. The molecule has 2 nitrogen and oxygen atoms in total. The van der Waals surface area contributed by atoms with E-state index in [9.17, 15) is 4.79 Å². The van der Waals surface area contributed by atoms with Crippen molar-refractivity contribution in [3.8, 4) is 0 Å². The molecule has 0 aliphatic heterocycles. The number of aryl methyl sites for hydroxylation is 1. The van der Waals surface area contributed by atoms with Crippen LogP contribution in [-0.2, 0) is 6.42 Å². The van der Waals surface area contributed by atoms with Gasteiger partial charge in [0, 0.05) is 10.0 Å². The zero-order valence-electron chi connectivity index (χ0n) is 7.71. The lowest BCUT2D eigenvalue weighted by molar-refractivity contribution is 0.593. The van der Waals surface area contributed by atoms with E-state index in [-0.39, 0.29) is 5.43 Å². The van der Waals surface area contributed by atoms with Gasteiger partial charge in [-0.25, -0.2) is 0 Å². The van der Waals surface area contributed by atoms with Crippen molar-refractivity contribution in [3.05, 3.63) is 44.7 Å². The summed E-state index contributed by atoms with van der Waals surface area (Å²) in [7, 11) is 0. The summed E-state index contributed by atoms with van der Waals surface area (Å²) in [6, 6.07) is 5.44. The predicted octanol–water partition coefficient (Wildman–Crippen LogP) is 3.12. The first kappa shape index (κ1) is 9.46. The van der Waals surface area contributed by atoms with E-state index in [1.807, 2.05) is 13.0 Å². The first-order valence-corrected chi connectivity index (χ1v) is 5.21. The van der Waals surface area contributed by atoms with Crippen molar-refractivity contribution >= 4 is 26.9 Å². The molecule has 0 spiro atoms. The normalized spacial score (nSPS) is 10.7. The van der Waals surface area contributed by atoms with Crippen LogP contribution in [0.3, 0.4) is 0 Å². The van der Waals surface area contributed by atoms with E-state index < -0.39 is 0 Å². The van der Waals surface area contributed by atoms with Crippen LogP contribution in [0.5, 0.6) is 0 Å². The van der Waals surface area contributed by atoms with Crippen LogP contribution < -0.4 is 5.43 Å². The van der Waals surface area contributed by atoms with Gasteiger partial charge in [-0.05, 0) is 24.6 Å². The zero-order valence-corrected chi connectivity index (χ0v) is 9.30. The molecule has 0 aliphatic rings. The summed E-state index contributed by atoms with van der Waals surface area (Å²) in [5, 5.41) is 0.638. The summed E-state index contributed by atoms with van der Waals surface area (Å²) >= 11 is 3.33. The molecule has 0 radical (unpaired) electrons. The summed E-state index contributed by atoms with van der Waals surface area (Å²) in [5.41, 5.74) is 1.42. The lowest BCUT2D eigenvalue weighted by Crippen LogP contribution is -2.07. The highest BCUT2D eigenvalue weighted by Crippen LogP contribution is 2.17. The number of rotatable bonds is 1. The molecule has 3 heteroatoms. The van der Waals surface area contributed by atoms with Crippen molar-refractivity contribution in [1.82, 2.24) is 0 Å². The van der Waals surface area contributed by atoms with Gasteiger partial charge in [-0.2, -0.15) is 0 Å². The van der Waals surface area contributed by atoms with Crippen LogP contribution in [0.25, 0.3) is 11.0 Å². The third kappa shape index (κ3) is 1.48. The molecule has 0 N–H and O–H groups in total. The Morgan fingerprint density at radius 1 is 1.43 bits per heavy atom. The lowest BCUT2D eigenvalue weighted by Gasteiger charge is -1.99. The Kier molecular flexibility index (Phi) is 2.42. The molecule has 0 saturated heterocycles. The standard InChI is InChI=1S/C11H9BrO2/c1-2-7-6-14-10-4-3-8(12)5-9(10)11(7)13/h3-6H,2H2,1H3. The van der Waals surface area contributed by atoms with Gasteiger partial charge in [0.15, 0.2) is 5.43 Å². The van der Waals surface area contributed by atoms with Crippen molar-refractivity contribution in [2.75, 3.05) is 0 Å². The topological polar surface area (TPSA) is 30.2 Å². The highest BCUT2D eigenvalue weighted by molar-refractivity contribution is 9.10. The highest BCUT2D eigenvalue weighted by Gasteiger charge is 2.05. The van der Waals surface area contributed by atoms with Gasteiger partial charge in [-0.15, -0.1) is 0 Å². The van der Waals surface area contributed by atoms with Gasteiger partial charge in [0.25, 0.3) is 0 Å². The second-order valence-electron chi connectivity index (χ2n) is 3.08. The maximum Gasteiger partial charge on any atom is 0.195 e. The van der Waals surface area contributed by atoms with Crippen LogP contribution in [0, 0.1) is 0 Å². The molecular weight excluding hydrogens is 244 g/mol. The first-order chi connectivity index (χ1) is 6.72. The monoisotopic (exact) mass is 252 g/mol.